The lowest BCUT2D eigenvalue weighted by Gasteiger charge is -2.33. The molecule has 2 aliphatic heterocycles. The van der Waals surface area contributed by atoms with E-state index in [0.29, 0.717) is 12.1 Å². The first-order valence-electron chi connectivity index (χ1n) is 9.16. The number of amides is 2. The molecule has 2 heterocycles. The van der Waals surface area contributed by atoms with Crippen LogP contribution in [0.4, 0.5) is 0 Å². The third kappa shape index (κ3) is 3.97. The SMILES string of the molecule is CC1CC(C)C(CNC(=O)c2ccc3c(c2)CCC(C)(C)O3)C(=O)N1. The smallest absolute Gasteiger partial charge is 0.251 e. The van der Waals surface area contributed by atoms with Crippen LogP contribution in [0, 0.1) is 11.8 Å². The van der Waals surface area contributed by atoms with Gasteiger partial charge in [-0.1, -0.05) is 6.92 Å². The largest absolute Gasteiger partial charge is 0.488 e. The number of hydrogen-bond acceptors (Lipinski definition) is 3. The van der Waals surface area contributed by atoms with Crippen LogP contribution in [-0.4, -0.2) is 30.0 Å². The van der Waals surface area contributed by atoms with E-state index in [1.54, 1.807) is 6.07 Å². The molecule has 2 amide bonds. The van der Waals surface area contributed by atoms with E-state index in [4.69, 9.17) is 4.74 Å². The van der Waals surface area contributed by atoms with Crippen LogP contribution >= 0.6 is 0 Å². The van der Waals surface area contributed by atoms with E-state index in [-0.39, 0.29) is 35.3 Å². The summed E-state index contributed by atoms with van der Waals surface area (Å²) in [7, 11) is 0. The molecule has 0 aliphatic carbocycles. The fourth-order valence-corrected chi connectivity index (χ4v) is 3.79. The van der Waals surface area contributed by atoms with Crippen LogP contribution in [0.1, 0.15) is 56.5 Å². The summed E-state index contributed by atoms with van der Waals surface area (Å²) in [5.41, 5.74) is 1.54. The standard InChI is InChI=1S/C20H28N2O3/c1-12-9-13(2)22-19(24)16(12)11-21-18(23)15-5-6-17-14(10-15)7-8-20(3,4)25-17/h5-6,10,12-13,16H,7-9,11H2,1-4H3,(H,21,23)(H,22,24). The molecule has 1 aromatic rings. The van der Waals surface area contributed by atoms with Gasteiger partial charge in [0.25, 0.3) is 5.91 Å². The molecule has 5 nitrogen and oxygen atoms in total. The summed E-state index contributed by atoms with van der Waals surface area (Å²) >= 11 is 0. The molecule has 0 spiro atoms. The fraction of sp³-hybridized carbons (Fsp3) is 0.600. The number of hydrogen-bond donors (Lipinski definition) is 2. The molecule has 0 saturated carbocycles. The van der Waals surface area contributed by atoms with Crippen LogP contribution in [0.2, 0.25) is 0 Å². The van der Waals surface area contributed by atoms with Gasteiger partial charge in [-0.3, -0.25) is 9.59 Å². The zero-order chi connectivity index (χ0) is 18.2. The first kappa shape index (κ1) is 17.8. The number of aryl methyl sites for hydroxylation is 1. The number of ether oxygens (including phenoxy) is 1. The lowest BCUT2D eigenvalue weighted by molar-refractivity contribution is -0.129. The molecule has 2 N–H and O–H groups in total. The molecule has 136 valence electrons. The highest BCUT2D eigenvalue weighted by atomic mass is 16.5. The molecule has 0 radical (unpaired) electrons. The van der Waals surface area contributed by atoms with Crippen LogP contribution in [0.3, 0.4) is 0 Å². The summed E-state index contributed by atoms with van der Waals surface area (Å²) in [5.74, 6) is 0.867. The van der Waals surface area contributed by atoms with Crippen molar-refractivity contribution < 1.29 is 14.3 Å². The molecule has 5 heteroatoms. The van der Waals surface area contributed by atoms with Gasteiger partial charge in [-0.05, 0) is 69.7 Å². The summed E-state index contributed by atoms with van der Waals surface area (Å²) in [6.07, 6.45) is 2.78. The molecule has 1 fully saturated rings. The highest BCUT2D eigenvalue weighted by Crippen LogP contribution is 2.33. The van der Waals surface area contributed by atoms with Gasteiger partial charge in [0.2, 0.25) is 5.91 Å². The van der Waals surface area contributed by atoms with Gasteiger partial charge in [0.05, 0.1) is 5.92 Å². The summed E-state index contributed by atoms with van der Waals surface area (Å²) < 4.78 is 5.96. The Balaban J connectivity index is 1.63. The van der Waals surface area contributed by atoms with Gasteiger partial charge >= 0.3 is 0 Å². The van der Waals surface area contributed by atoms with Gasteiger partial charge in [0.1, 0.15) is 11.4 Å². The fourth-order valence-electron chi connectivity index (χ4n) is 3.79. The molecule has 0 aromatic heterocycles. The third-order valence-corrected chi connectivity index (χ3v) is 5.33. The Kier molecular flexibility index (Phi) is 4.76. The first-order chi connectivity index (χ1) is 11.7. The average Bonchev–Trinajstić information content (AvgIpc) is 2.52. The van der Waals surface area contributed by atoms with Crippen molar-refractivity contribution >= 4 is 11.8 Å². The van der Waals surface area contributed by atoms with Crippen LogP contribution in [-0.2, 0) is 11.2 Å². The van der Waals surface area contributed by atoms with E-state index in [0.717, 1.165) is 30.6 Å². The lowest BCUT2D eigenvalue weighted by Crippen LogP contribution is -2.50. The maximum atomic E-state index is 12.5. The van der Waals surface area contributed by atoms with E-state index in [2.05, 4.69) is 31.4 Å². The number of piperidine rings is 1. The van der Waals surface area contributed by atoms with Crippen LogP contribution in [0.25, 0.3) is 0 Å². The van der Waals surface area contributed by atoms with Crippen molar-refractivity contribution in [2.24, 2.45) is 11.8 Å². The number of rotatable bonds is 3. The van der Waals surface area contributed by atoms with Crippen molar-refractivity contribution in [1.82, 2.24) is 10.6 Å². The quantitative estimate of drug-likeness (QED) is 0.886. The van der Waals surface area contributed by atoms with Gasteiger partial charge < -0.3 is 15.4 Å². The first-order valence-corrected chi connectivity index (χ1v) is 9.16. The van der Waals surface area contributed by atoms with E-state index >= 15 is 0 Å². The number of fused-ring (bicyclic) bond motifs is 1. The normalized spacial score (nSPS) is 27.7. The zero-order valence-electron chi connectivity index (χ0n) is 15.5. The minimum atomic E-state index is -0.165. The van der Waals surface area contributed by atoms with E-state index in [1.165, 1.54) is 0 Å². The molecule has 1 saturated heterocycles. The van der Waals surface area contributed by atoms with Crippen LogP contribution < -0.4 is 15.4 Å². The minimum Gasteiger partial charge on any atom is -0.488 e. The highest BCUT2D eigenvalue weighted by molar-refractivity contribution is 5.95. The second-order valence-corrected chi connectivity index (χ2v) is 8.12. The third-order valence-electron chi connectivity index (χ3n) is 5.33. The Labute approximate surface area is 149 Å². The van der Waals surface area contributed by atoms with Gasteiger partial charge in [0.15, 0.2) is 0 Å². The Morgan fingerprint density at radius 2 is 2.12 bits per heavy atom. The van der Waals surface area contributed by atoms with Crippen LogP contribution in [0.15, 0.2) is 18.2 Å². The summed E-state index contributed by atoms with van der Waals surface area (Å²) in [4.78, 5) is 24.6. The Bertz CT molecular complexity index is 684. The highest BCUT2D eigenvalue weighted by Gasteiger charge is 2.32. The lowest BCUT2D eigenvalue weighted by atomic mass is 9.84. The Morgan fingerprint density at radius 1 is 1.36 bits per heavy atom. The van der Waals surface area contributed by atoms with Crippen molar-refractivity contribution in [2.45, 2.75) is 58.6 Å². The predicted octanol–water partition coefficient (Wildman–Crippen LogP) is 2.68. The van der Waals surface area contributed by atoms with Gasteiger partial charge in [-0.25, -0.2) is 0 Å². The van der Waals surface area contributed by atoms with Gasteiger partial charge in [0, 0.05) is 18.2 Å². The Hall–Kier alpha value is -2.04. The van der Waals surface area contributed by atoms with Crippen molar-refractivity contribution in [3.63, 3.8) is 0 Å². The summed E-state index contributed by atoms with van der Waals surface area (Å²) in [5, 5.41) is 5.89. The monoisotopic (exact) mass is 344 g/mol. The molecular formula is C20H28N2O3. The average molecular weight is 344 g/mol. The van der Waals surface area contributed by atoms with Crippen LogP contribution in [0.5, 0.6) is 5.75 Å². The second kappa shape index (κ2) is 6.70. The maximum Gasteiger partial charge on any atom is 0.251 e. The maximum absolute atomic E-state index is 12.5. The van der Waals surface area contributed by atoms with Gasteiger partial charge in [-0.2, -0.15) is 0 Å². The number of carbonyl (C=O) groups is 2. The molecule has 2 aliphatic rings. The van der Waals surface area contributed by atoms with Crippen molar-refractivity contribution in [3.8, 4) is 5.75 Å². The van der Waals surface area contributed by atoms with E-state index in [1.807, 2.05) is 19.1 Å². The number of nitrogens with one attached hydrogen (secondary N) is 2. The van der Waals surface area contributed by atoms with E-state index < -0.39 is 0 Å². The second-order valence-electron chi connectivity index (χ2n) is 8.12. The molecule has 0 bridgehead atoms. The topological polar surface area (TPSA) is 67.4 Å². The summed E-state index contributed by atoms with van der Waals surface area (Å²) in [6, 6.07) is 5.79. The van der Waals surface area contributed by atoms with Crippen molar-refractivity contribution in [1.29, 1.82) is 0 Å². The number of carbonyl (C=O) groups excluding carboxylic acids is 2. The number of benzene rings is 1. The zero-order valence-corrected chi connectivity index (χ0v) is 15.5. The van der Waals surface area contributed by atoms with E-state index in [9.17, 15) is 9.59 Å². The van der Waals surface area contributed by atoms with Crippen molar-refractivity contribution in [2.75, 3.05) is 6.54 Å². The molecule has 3 rings (SSSR count). The molecule has 3 atom stereocenters. The molecule has 25 heavy (non-hydrogen) atoms. The van der Waals surface area contributed by atoms with Gasteiger partial charge in [-0.15, -0.1) is 0 Å². The predicted molar refractivity (Wildman–Crippen MR) is 96.7 cm³/mol. The minimum absolute atomic E-state index is 0.0348. The molecular weight excluding hydrogens is 316 g/mol. The summed E-state index contributed by atoms with van der Waals surface area (Å²) in [6.45, 7) is 8.62. The molecule has 1 aromatic carbocycles. The van der Waals surface area contributed by atoms with Crippen molar-refractivity contribution in [3.05, 3.63) is 29.3 Å². The Morgan fingerprint density at radius 3 is 2.84 bits per heavy atom. The molecule has 3 unspecified atom stereocenters.